The van der Waals surface area contributed by atoms with E-state index in [0.29, 0.717) is 24.3 Å². The molecule has 132 valence electrons. The van der Waals surface area contributed by atoms with Gasteiger partial charge in [0, 0.05) is 37.0 Å². The quantitative estimate of drug-likeness (QED) is 0.757. The zero-order valence-corrected chi connectivity index (χ0v) is 14.2. The third-order valence-electron chi connectivity index (χ3n) is 4.87. The van der Waals surface area contributed by atoms with Crippen molar-refractivity contribution < 1.29 is 9.90 Å². The Morgan fingerprint density at radius 2 is 1.92 bits per heavy atom. The smallest absolute Gasteiger partial charge is 0.257 e. The summed E-state index contributed by atoms with van der Waals surface area (Å²) in [6, 6.07) is 13.7. The van der Waals surface area contributed by atoms with Gasteiger partial charge in [-0.25, -0.2) is 0 Å². The maximum atomic E-state index is 13.0. The minimum absolute atomic E-state index is 0.0395. The molecule has 3 aromatic rings. The lowest BCUT2D eigenvalue weighted by atomic mass is 9.97. The lowest BCUT2D eigenvalue weighted by molar-refractivity contribution is 0.0765. The monoisotopic (exact) mass is 348 g/mol. The summed E-state index contributed by atoms with van der Waals surface area (Å²) in [6.07, 6.45) is 5.15. The number of aromatic amines is 1. The highest BCUT2D eigenvalue weighted by molar-refractivity contribution is 5.99. The number of carbonyl (C=O) groups is 1. The molecule has 0 saturated carbocycles. The molecule has 26 heavy (non-hydrogen) atoms. The molecule has 0 spiro atoms. The van der Waals surface area contributed by atoms with Crippen LogP contribution in [0.25, 0.3) is 11.3 Å². The van der Waals surface area contributed by atoms with Gasteiger partial charge in [-0.3, -0.25) is 14.9 Å². The zero-order chi connectivity index (χ0) is 17.9. The number of rotatable bonds is 4. The minimum atomic E-state index is -0.518. The lowest BCUT2D eigenvalue weighted by Crippen LogP contribution is -2.29. The van der Waals surface area contributed by atoms with Crippen LogP contribution >= 0.6 is 0 Å². The Morgan fingerprint density at radius 3 is 2.69 bits per heavy atom. The van der Waals surface area contributed by atoms with Crippen molar-refractivity contribution in [3.8, 4) is 11.3 Å². The van der Waals surface area contributed by atoms with Crippen molar-refractivity contribution in [3.63, 3.8) is 0 Å². The van der Waals surface area contributed by atoms with Gasteiger partial charge in [-0.15, -0.1) is 0 Å². The van der Waals surface area contributed by atoms with Gasteiger partial charge in [0.1, 0.15) is 0 Å². The maximum absolute atomic E-state index is 13.0. The van der Waals surface area contributed by atoms with Crippen LogP contribution in [-0.4, -0.2) is 50.3 Å². The number of H-pyrrole nitrogens is 1. The maximum Gasteiger partial charge on any atom is 0.257 e. The molecule has 0 aliphatic carbocycles. The molecule has 2 atom stereocenters. The molecular weight excluding hydrogens is 328 g/mol. The van der Waals surface area contributed by atoms with Crippen molar-refractivity contribution >= 4 is 5.91 Å². The Bertz CT molecular complexity index is 879. The van der Waals surface area contributed by atoms with Crippen LogP contribution in [0.1, 0.15) is 15.9 Å². The SMILES string of the molecule is O=C(c1cn[nH]c1-c1ccncc1)N1C[C@@H](Cc2ccccc2)[C@H](O)C1. The van der Waals surface area contributed by atoms with Crippen molar-refractivity contribution in [2.24, 2.45) is 5.92 Å². The van der Waals surface area contributed by atoms with Crippen molar-refractivity contribution in [2.45, 2.75) is 12.5 Å². The van der Waals surface area contributed by atoms with Crippen molar-refractivity contribution in [2.75, 3.05) is 13.1 Å². The largest absolute Gasteiger partial charge is 0.391 e. The van der Waals surface area contributed by atoms with Gasteiger partial charge in [0.25, 0.3) is 5.91 Å². The molecule has 0 unspecified atom stereocenters. The number of likely N-dealkylation sites (tertiary alicyclic amines) is 1. The predicted molar refractivity (Wildman–Crippen MR) is 97.4 cm³/mol. The highest BCUT2D eigenvalue weighted by Gasteiger charge is 2.35. The first-order valence-corrected chi connectivity index (χ1v) is 8.67. The van der Waals surface area contributed by atoms with E-state index >= 15 is 0 Å². The molecule has 3 heterocycles. The lowest BCUT2D eigenvalue weighted by Gasteiger charge is -2.16. The summed E-state index contributed by atoms with van der Waals surface area (Å²) in [7, 11) is 0. The molecule has 0 bridgehead atoms. The molecule has 1 amide bonds. The molecule has 1 aromatic carbocycles. The zero-order valence-electron chi connectivity index (χ0n) is 14.2. The highest BCUT2D eigenvalue weighted by Crippen LogP contribution is 2.26. The summed E-state index contributed by atoms with van der Waals surface area (Å²) >= 11 is 0. The van der Waals surface area contributed by atoms with Crippen LogP contribution in [0.3, 0.4) is 0 Å². The van der Waals surface area contributed by atoms with Gasteiger partial charge in [-0.05, 0) is 24.1 Å². The van der Waals surface area contributed by atoms with Crippen molar-refractivity contribution in [1.29, 1.82) is 0 Å². The number of carbonyl (C=O) groups excluding carboxylic acids is 1. The summed E-state index contributed by atoms with van der Waals surface area (Å²) in [5, 5.41) is 17.4. The van der Waals surface area contributed by atoms with Gasteiger partial charge in [-0.2, -0.15) is 5.10 Å². The summed E-state index contributed by atoms with van der Waals surface area (Å²) in [5.74, 6) is -0.0715. The molecule has 4 rings (SSSR count). The van der Waals surface area contributed by atoms with Crippen LogP contribution in [0.15, 0.2) is 61.1 Å². The van der Waals surface area contributed by atoms with E-state index in [2.05, 4.69) is 27.3 Å². The molecule has 1 fully saturated rings. The van der Waals surface area contributed by atoms with Crippen LogP contribution in [0.5, 0.6) is 0 Å². The van der Waals surface area contributed by atoms with Crippen LogP contribution in [0.4, 0.5) is 0 Å². The second-order valence-electron chi connectivity index (χ2n) is 6.62. The fourth-order valence-electron chi connectivity index (χ4n) is 3.49. The molecule has 6 heteroatoms. The molecular formula is C20H20N4O2. The normalized spacial score (nSPS) is 19.7. The van der Waals surface area contributed by atoms with Gasteiger partial charge in [-0.1, -0.05) is 30.3 Å². The summed E-state index contributed by atoms with van der Waals surface area (Å²) in [6.45, 7) is 0.882. The van der Waals surface area contributed by atoms with Crippen LogP contribution in [-0.2, 0) is 6.42 Å². The fourth-order valence-corrected chi connectivity index (χ4v) is 3.49. The molecule has 6 nitrogen and oxygen atoms in total. The average molecular weight is 348 g/mol. The number of aliphatic hydroxyl groups is 1. The number of aliphatic hydroxyl groups excluding tert-OH is 1. The second kappa shape index (κ2) is 7.09. The van der Waals surface area contributed by atoms with Gasteiger partial charge < -0.3 is 10.0 Å². The van der Waals surface area contributed by atoms with Gasteiger partial charge in [0.15, 0.2) is 0 Å². The molecule has 0 radical (unpaired) electrons. The summed E-state index contributed by atoms with van der Waals surface area (Å²) < 4.78 is 0. The van der Waals surface area contributed by atoms with Crippen LogP contribution < -0.4 is 0 Å². The number of nitrogens with one attached hydrogen (secondary N) is 1. The first kappa shape index (κ1) is 16.5. The molecule has 2 aromatic heterocycles. The second-order valence-corrected chi connectivity index (χ2v) is 6.62. The van der Waals surface area contributed by atoms with Gasteiger partial charge in [0.05, 0.1) is 23.6 Å². The van der Waals surface area contributed by atoms with Crippen molar-refractivity contribution in [3.05, 3.63) is 72.2 Å². The average Bonchev–Trinajstić information content (AvgIpc) is 3.30. The van der Waals surface area contributed by atoms with Crippen LogP contribution in [0.2, 0.25) is 0 Å². The Morgan fingerprint density at radius 1 is 1.15 bits per heavy atom. The van der Waals surface area contributed by atoms with E-state index < -0.39 is 6.10 Å². The minimum Gasteiger partial charge on any atom is -0.391 e. The summed E-state index contributed by atoms with van der Waals surface area (Å²) in [4.78, 5) is 18.7. The number of pyridine rings is 1. The van der Waals surface area contributed by atoms with Crippen LogP contribution in [0, 0.1) is 5.92 Å². The number of amides is 1. The van der Waals surface area contributed by atoms with E-state index in [9.17, 15) is 9.90 Å². The topological polar surface area (TPSA) is 82.1 Å². The number of β-amino-alcohol motifs (C(OH)–C–C–N with tert-alkyl or cyclic N) is 1. The Labute approximate surface area is 151 Å². The first-order chi connectivity index (χ1) is 12.7. The third-order valence-corrected chi connectivity index (χ3v) is 4.87. The standard InChI is InChI=1S/C20H20N4O2/c25-18-13-24(12-16(18)10-14-4-2-1-3-5-14)20(26)17-11-22-23-19(17)15-6-8-21-9-7-15/h1-9,11,16,18,25H,10,12-13H2,(H,22,23)/t16-,18-/m1/s1. The van der Waals surface area contributed by atoms with Crippen molar-refractivity contribution in [1.82, 2.24) is 20.1 Å². The Kier molecular flexibility index (Phi) is 4.50. The summed E-state index contributed by atoms with van der Waals surface area (Å²) in [5.41, 5.74) is 3.23. The van der Waals surface area contributed by atoms with Gasteiger partial charge >= 0.3 is 0 Å². The molecule has 2 N–H and O–H groups in total. The van der Waals surface area contributed by atoms with E-state index in [1.165, 1.54) is 5.56 Å². The highest BCUT2D eigenvalue weighted by atomic mass is 16.3. The Balaban J connectivity index is 1.51. The van der Waals surface area contributed by atoms with E-state index in [1.807, 2.05) is 30.3 Å². The fraction of sp³-hybridized carbons (Fsp3) is 0.250. The first-order valence-electron chi connectivity index (χ1n) is 8.67. The number of benzene rings is 1. The molecule has 1 saturated heterocycles. The van der Waals surface area contributed by atoms with E-state index in [0.717, 1.165) is 12.0 Å². The Hall–Kier alpha value is -2.99. The predicted octanol–water partition coefficient (Wildman–Crippen LogP) is 2.15. The van der Waals surface area contributed by atoms with E-state index in [-0.39, 0.29) is 11.8 Å². The molecule has 1 aliphatic rings. The number of aromatic nitrogens is 3. The number of hydrogen-bond acceptors (Lipinski definition) is 4. The number of hydrogen-bond donors (Lipinski definition) is 2. The van der Waals surface area contributed by atoms with Gasteiger partial charge in [0.2, 0.25) is 0 Å². The van der Waals surface area contributed by atoms with E-state index in [4.69, 9.17) is 0 Å². The molecule has 1 aliphatic heterocycles. The van der Waals surface area contributed by atoms with E-state index in [1.54, 1.807) is 23.5 Å². The third kappa shape index (κ3) is 3.23. The number of nitrogens with zero attached hydrogens (tertiary/aromatic N) is 3.